The molecule has 1 aliphatic heterocycles. The van der Waals surface area contributed by atoms with Crippen molar-refractivity contribution < 1.29 is 28.6 Å². The number of benzene rings is 2. The minimum absolute atomic E-state index is 0.0775. The first-order valence-electron chi connectivity index (χ1n) is 10.1. The molecule has 2 aromatic carbocycles. The first kappa shape index (κ1) is 23.3. The number of likely N-dealkylation sites (tertiary alicyclic amines) is 1. The number of ether oxygens (including phenoxy) is 2. The molecule has 0 radical (unpaired) electrons. The summed E-state index contributed by atoms with van der Waals surface area (Å²) < 4.78 is 24.7. The molecule has 1 aliphatic rings. The van der Waals surface area contributed by atoms with Crippen molar-refractivity contribution in [3.8, 4) is 11.5 Å². The molecule has 32 heavy (non-hydrogen) atoms. The van der Waals surface area contributed by atoms with Gasteiger partial charge in [-0.05, 0) is 50.8 Å². The van der Waals surface area contributed by atoms with Crippen LogP contribution in [0.15, 0.2) is 42.0 Å². The number of hydrogen-bond acceptors (Lipinski definition) is 6. The first-order chi connectivity index (χ1) is 15.2. The van der Waals surface area contributed by atoms with Gasteiger partial charge in [0, 0.05) is 24.2 Å². The molecule has 1 N–H and O–H groups in total. The third-order valence-corrected chi connectivity index (χ3v) is 5.49. The molecule has 0 bridgehead atoms. The number of aliphatic hydroxyl groups excluding tert-OH is 1. The maximum atomic E-state index is 13.8. The number of methoxy groups -OCH3 is 2. The van der Waals surface area contributed by atoms with E-state index in [4.69, 9.17) is 9.47 Å². The van der Waals surface area contributed by atoms with E-state index in [1.54, 1.807) is 25.1 Å². The molecule has 1 unspecified atom stereocenters. The molecule has 1 heterocycles. The summed E-state index contributed by atoms with van der Waals surface area (Å²) in [6.45, 7) is 2.32. The van der Waals surface area contributed by atoms with Crippen LogP contribution in [0, 0.1) is 12.7 Å². The number of amides is 1. The van der Waals surface area contributed by atoms with Crippen molar-refractivity contribution in [2.45, 2.75) is 13.0 Å². The summed E-state index contributed by atoms with van der Waals surface area (Å²) in [4.78, 5) is 29.4. The summed E-state index contributed by atoms with van der Waals surface area (Å²) >= 11 is 0. The van der Waals surface area contributed by atoms with Gasteiger partial charge in [-0.2, -0.15) is 0 Å². The molecule has 8 heteroatoms. The van der Waals surface area contributed by atoms with Gasteiger partial charge < -0.3 is 24.4 Å². The topological polar surface area (TPSA) is 79.3 Å². The van der Waals surface area contributed by atoms with Crippen LogP contribution < -0.4 is 9.47 Å². The van der Waals surface area contributed by atoms with Crippen LogP contribution in [0.2, 0.25) is 0 Å². The monoisotopic (exact) mass is 442 g/mol. The number of ketones is 1. The molecule has 2 aromatic rings. The van der Waals surface area contributed by atoms with Crippen LogP contribution >= 0.6 is 0 Å². The van der Waals surface area contributed by atoms with Gasteiger partial charge in [0.05, 0.1) is 25.8 Å². The third-order valence-electron chi connectivity index (χ3n) is 5.49. The average molecular weight is 442 g/mol. The summed E-state index contributed by atoms with van der Waals surface area (Å²) in [6.07, 6.45) is 0. The second-order valence-electron chi connectivity index (χ2n) is 7.84. The number of para-hydroxylation sites is 1. The van der Waals surface area contributed by atoms with Gasteiger partial charge in [0.2, 0.25) is 0 Å². The van der Waals surface area contributed by atoms with Crippen LogP contribution in [-0.4, -0.2) is 68.0 Å². The number of Topliss-reactive ketones (excluding diaryl/α,β-unsaturated/α-hetero) is 1. The van der Waals surface area contributed by atoms with Crippen molar-refractivity contribution in [2.24, 2.45) is 0 Å². The Morgan fingerprint density at radius 2 is 1.88 bits per heavy atom. The lowest BCUT2D eigenvalue weighted by Crippen LogP contribution is -2.35. The molecule has 1 atom stereocenters. The van der Waals surface area contributed by atoms with Crippen LogP contribution in [-0.2, 0) is 9.59 Å². The minimum Gasteiger partial charge on any atom is -0.507 e. The van der Waals surface area contributed by atoms with E-state index in [0.717, 1.165) is 0 Å². The van der Waals surface area contributed by atoms with Crippen molar-refractivity contribution in [1.29, 1.82) is 0 Å². The number of aliphatic hydroxyl groups is 1. The highest BCUT2D eigenvalue weighted by atomic mass is 19.1. The lowest BCUT2D eigenvalue weighted by Gasteiger charge is -2.28. The first-order valence-corrected chi connectivity index (χ1v) is 10.1. The third kappa shape index (κ3) is 4.18. The molecule has 0 aliphatic carbocycles. The Kier molecular flexibility index (Phi) is 6.84. The van der Waals surface area contributed by atoms with Gasteiger partial charge in [-0.3, -0.25) is 9.59 Å². The number of nitrogens with zero attached hydrogens (tertiary/aromatic N) is 2. The normalized spacial score (nSPS) is 17.8. The maximum absolute atomic E-state index is 13.8. The van der Waals surface area contributed by atoms with Crippen LogP contribution in [0.4, 0.5) is 4.39 Å². The number of carbonyl (C=O) groups is 2. The van der Waals surface area contributed by atoms with Crippen LogP contribution in [0.3, 0.4) is 0 Å². The average Bonchev–Trinajstić information content (AvgIpc) is 3.02. The van der Waals surface area contributed by atoms with Crippen LogP contribution in [0.25, 0.3) is 5.76 Å². The lowest BCUT2D eigenvalue weighted by molar-refractivity contribution is -0.140. The van der Waals surface area contributed by atoms with Crippen molar-refractivity contribution >= 4 is 17.4 Å². The minimum atomic E-state index is -0.898. The van der Waals surface area contributed by atoms with Crippen molar-refractivity contribution in [3.05, 3.63) is 64.5 Å². The van der Waals surface area contributed by atoms with E-state index in [1.807, 2.05) is 19.0 Å². The molecule has 170 valence electrons. The lowest BCUT2D eigenvalue weighted by atomic mass is 9.94. The van der Waals surface area contributed by atoms with Gasteiger partial charge in [-0.25, -0.2) is 4.39 Å². The van der Waals surface area contributed by atoms with Crippen LogP contribution in [0.1, 0.15) is 22.7 Å². The van der Waals surface area contributed by atoms with E-state index in [-0.39, 0.29) is 23.4 Å². The van der Waals surface area contributed by atoms with Crippen molar-refractivity contribution in [1.82, 2.24) is 9.80 Å². The zero-order chi connectivity index (χ0) is 23.6. The number of carbonyl (C=O) groups excluding carboxylic acids is 2. The fraction of sp³-hybridized carbons (Fsp3) is 0.333. The Hall–Kier alpha value is -3.39. The quantitative estimate of drug-likeness (QED) is 0.403. The standard InChI is InChI=1S/C24H27FN2O5/c1-14-13-15(9-10-17(14)25)21(28)19-20(16-7-6-8-18(31-4)23(16)32-5)27(12-11-26(2)3)24(30)22(19)29/h6-10,13,20,28H,11-12H2,1-5H3/b21-19+. The Labute approximate surface area is 186 Å². The maximum Gasteiger partial charge on any atom is 0.295 e. The number of rotatable bonds is 7. The fourth-order valence-electron chi connectivity index (χ4n) is 3.82. The summed E-state index contributed by atoms with van der Waals surface area (Å²) in [6, 6.07) is 8.30. The molecule has 1 fully saturated rings. The predicted molar refractivity (Wildman–Crippen MR) is 118 cm³/mol. The van der Waals surface area contributed by atoms with E-state index >= 15 is 0 Å². The van der Waals surface area contributed by atoms with E-state index < -0.39 is 23.5 Å². The Bertz CT molecular complexity index is 1080. The molecule has 0 spiro atoms. The van der Waals surface area contributed by atoms with Gasteiger partial charge in [0.15, 0.2) is 11.5 Å². The molecule has 0 saturated carbocycles. The number of aryl methyl sites for hydroxylation is 1. The molecule has 3 rings (SSSR count). The summed E-state index contributed by atoms with van der Waals surface area (Å²) in [7, 11) is 6.68. The van der Waals surface area contributed by atoms with Gasteiger partial charge in [0.25, 0.3) is 11.7 Å². The second kappa shape index (κ2) is 9.40. The predicted octanol–water partition coefficient (Wildman–Crippen LogP) is 3.13. The SMILES string of the molecule is COc1cccc(C2/C(=C(\O)c3ccc(F)c(C)c3)C(=O)C(=O)N2CCN(C)C)c1OC. The summed E-state index contributed by atoms with van der Waals surface area (Å²) in [5.74, 6) is -1.54. The summed E-state index contributed by atoms with van der Waals surface area (Å²) in [5, 5.41) is 11.1. The number of halogens is 1. The van der Waals surface area contributed by atoms with Gasteiger partial charge >= 0.3 is 0 Å². The highest BCUT2D eigenvalue weighted by Gasteiger charge is 2.47. The van der Waals surface area contributed by atoms with Crippen LogP contribution in [0.5, 0.6) is 11.5 Å². The molecular formula is C24H27FN2O5. The highest BCUT2D eigenvalue weighted by Crippen LogP contribution is 2.45. The largest absolute Gasteiger partial charge is 0.507 e. The Morgan fingerprint density at radius 1 is 1.16 bits per heavy atom. The smallest absolute Gasteiger partial charge is 0.295 e. The molecule has 1 amide bonds. The number of hydrogen-bond donors (Lipinski definition) is 1. The molecular weight excluding hydrogens is 415 g/mol. The zero-order valence-corrected chi connectivity index (χ0v) is 18.8. The Morgan fingerprint density at radius 3 is 2.47 bits per heavy atom. The van der Waals surface area contributed by atoms with Crippen molar-refractivity contribution in [2.75, 3.05) is 41.4 Å². The van der Waals surface area contributed by atoms with Gasteiger partial charge in [-0.1, -0.05) is 12.1 Å². The fourth-order valence-corrected chi connectivity index (χ4v) is 3.82. The van der Waals surface area contributed by atoms with E-state index in [2.05, 4.69) is 0 Å². The molecule has 1 saturated heterocycles. The van der Waals surface area contributed by atoms with E-state index in [1.165, 1.54) is 37.3 Å². The molecule has 0 aromatic heterocycles. The molecule has 7 nitrogen and oxygen atoms in total. The highest BCUT2D eigenvalue weighted by molar-refractivity contribution is 6.46. The Balaban J connectivity index is 2.26. The van der Waals surface area contributed by atoms with E-state index in [9.17, 15) is 19.1 Å². The zero-order valence-electron chi connectivity index (χ0n) is 18.8. The second-order valence-corrected chi connectivity index (χ2v) is 7.84. The summed E-state index contributed by atoms with van der Waals surface area (Å²) in [5.41, 5.74) is 0.990. The number of likely N-dealkylation sites (N-methyl/N-ethyl adjacent to an activating group) is 1. The van der Waals surface area contributed by atoms with E-state index in [0.29, 0.717) is 29.2 Å². The van der Waals surface area contributed by atoms with Gasteiger partial charge in [0.1, 0.15) is 11.6 Å². The van der Waals surface area contributed by atoms with Crippen molar-refractivity contribution in [3.63, 3.8) is 0 Å². The van der Waals surface area contributed by atoms with Gasteiger partial charge in [-0.15, -0.1) is 0 Å².